The van der Waals surface area contributed by atoms with Gasteiger partial charge in [0.15, 0.2) is 0 Å². The lowest BCUT2D eigenvalue weighted by atomic mass is 9.91. The molecule has 4 aromatic carbocycles. The highest BCUT2D eigenvalue weighted by atomic mass is 31.1. The molecule has 0 unspecified atom stereocenters. The molecule has 3 aromatic heterocycles. The molecule has 0 saturated carbocycles. The molecule has 0 aliphatic carbocycles. The Hall–Kier alpha value is -3.88. The Kier molecular flexibility index (Phi) is 11.4. The lowest BCUT2D eigenvalue weighted by Crippen LogP contribution is -2.56. The van der Waals surface area contributed by atoms with Crippen LogP contribution in [0.4, 0.5) is 0 Å². The third-order valence-corrected chi connectivity index (χ3v) is 27.1. The van der Waals surface area contributed by atoms with E-state index in [1.54, 1.807) is 9.84 Å². The van der Waals surface area contributed by atoms with E-state index in [2.05, 4.69) is 207 Å². The first-order chi connectivity index (χ1) is 26.6. The van der Waals surface area contributed by atoms with Crippen LogP contribution in [-0.2, 0) is 10.8 Å². The smallest absolute Gasteiger partial charge is 0.127 e. The topological polar surface area (TPSA) is 25.8 Å². The Morgan fingerprint density at radius 2 is 0.643 bits per heavy atom. The normalized spacial score (nSPS) is 12.9. The second-order valence-electron chi connectivity index (χ2n) is 18.0. The Morgan fingerprint density at radius 3 is 0.911 bits per heavy atom. The fourth-order valence-corrected chi connectivity index (χ4v) is 21.5. The zero-order valence-electron chi connectivity index (χ0n) is 34.5. The van der Waals surface area contributed by atoms with E-state index in [-0.39, 0.29) is 10.8 Å². The van der Waals surface area contributed by atoms with Gasteiger partial charge in [0.05, 0.1) is 11.4 Å². The zero-order chi connectivity index (χ0) is 39.9. The molecule has 7 aromatic rings. The number of nitrogens with zero attached hydrogens (tertiary/aromatic N) is 2. The second-order valence-corrected chi connectivity index (χ2v) is 31.0. The summed E-state index contributed by atoms with van der Waals surface area (Å²) >= 11 is 0. The molecule has 2 nitrogen and oxygen atoms in total. The van der Waals surface area contributed by atoms with Crippen LogP contribution in [0.25, 0.3) is 44.5 Å². The zero-order valence-corrected chi connectivity index (χ0v) is 39.2. The third-order valence-electron chi connectivity index (χ3n) is 10.9. The van der Waals surface area contributed by atoms with Crippen molar-refractivity contribution < 1.29 is 0 Å². The maximum Gasteiger partial charge on any atom is 0.127 e. The molecule has 0 fully saturated rings. The summed E-state index contributed by atoms with van der Waals surface area (Å²) in [5.74, 6) is 0. The van der Waals surface area contributed by atoms with E-state index in [1.165, 1.54) is 73.9 Å². The second kappa shape index (κ2) is 15.8. The standard InChI is InChI=1S/C49H53N2P3Si2/c1-48(2,3)42-32-40(36-27-19-13-20-28-36)46(53-50-42)55(7,8)44-38(34-23-15-11-16-24-34)31-39(35-25-17-12-18-26-35)45(52-44)56(9,10)47-41(37-29-21-14-22-30-37)33-43(51-54-47)49(4,5)6/h11-33H,1-10H3. The van der Waals surface area contributed by atoms with E-state index < -0.39 is 16.1 Å². The third kappa shape index (κ3) is 8.11. The molecule has 0 spiro atoms. The molecule has 3 heterocycles. The predicted molar refractivity (Wildman–Crippen MR) is 255 cm³/mol. The van der Waals surface area contributed by atoms with Crippen molar-refractivity contribution in [2.75, 3.05) is 0 Å². The summed E-state index contributed by atoms with van der Waals surface area (Å²) in [4.78, 5) is 6.09. The number of aromatic nitrogens is 2. The van der Waals surface area contributed by atoms with E-state index in [0.29, 0.717) is 0 Å². The minimum Gasteiger partial charge on any atom is -0.232 e. The summed E-state index contributed by atoms with van der Waals surface area (Å²) in [6.45, 7) is 24.0. The van der Waals surface area contributed by atoms with Crippen LogP contribution < -0.4 is 19.7 Å². The maximum atomic E-state index is 5.33. The molecule has 0 saturated heterocycles. The van der Waals surface area contributed by atoms with Gasteiger partial charge in [0.1, 0.15) is 16.1 Å². The molecular formula is C49H53N2P3Si2. The van der Waals surface area contributed by atoms with Gasteiger partial charge >= 0.3 is 0 Å². The Balaban J connectivity index is 1.57. The molecule has 0 atom stereocenters. The van der Waals surface area contributed by atoms with E-state index in [9.17, 15) is 0 Å². The van der Waals surface area contributed by atoms with Crippen LogP contribution in [0.2, 0.25) is 26.2 Å². The molecule has 0 radical (unpaired) electrons. The molecule has 0 amide bonds. The van der Waals surface area contributed by atoms with Gasteiger partial charge in [-0.2, -0.15) is 0 Å². The number of benzene rings is 4. The molecule has 0 aliphatic rings. The van der Waals surface area contributed by atoms with Crippen LogP contribution in [-0.4, -0.2) is 25.6 Å². The summed E-state index contributed by atoms with van der Waals surface area (Å²) < 4.78 is 10.7. The molecule has 7 heteroatoms. The molecule has 282 valence electrons. The van der Waals surface area contributed by atoms with Gasteiger partial charge in [-0.15, -0.1) is 0 Å². The van der Waals surface area contributed by atoms with Crippen molar-refractivity contribution in [1.82, 2.24) is 9.49 Å². The molecule has 0 bridgehead atoms. The van der Waals surface area contributed by atoms with Crippen LogP contribution in [0.5, 0.6) is 0 Å². The molecule has 0 N–H and O–H groups in total. The van der Waals surface area contributed by atoms with Crippen molar-refractivity contribution in [3.8, 4) is 44.5 Å². The molecular weight excluding hydrogens is 766 g/mol. The van der Waals surface area contributed by atoms with E-state index in [0.717, 1.165) is 16.7 Å². The largest absolute Gasteiger partial charge is 0.232 e. The summed E-state index contributed by atoms with van der Waals surface area (Å²) in [5.41, 5.74) is 12.8. The van der Waals surface area contributed by atoms with Gasteiger partial charge in [0.2, 0.25) is 0 Å². The van der Waals surface area contributed by atoms with E-state index >= 15 is 0 Å². The Labute approximate surface area is 342 Å². The molecule has 56 heavy (non-hydrogen) atoms. The minimum atomic E-state index is -2.40. The number of hydrogen-bond acceptors (Lipinski definition) is 2. The fraction of sp³-hybridized carbons (Fsp3) is 0.245. The van der Waals surface area contributed by atoms with Crippen molar-refractivity contribution in [1.29, 1.82) is 0 Å². The number of hydrogen-bond donors (Lipinski definition) is 0. The highest BCUT2D eigenvalue weighted by Crippen LogP contribution is 2.37. The number of rotatable bonds is 8. The summed E-state index contributed by atoms with van der Waals surface area (Å²) in [7, 11) is -1.33. The highest BCUT2D eigenvalue weighted by Gasteiger charge is 2.39. The first-order valence-electron chi connectivity index (χ1n) is 19.6. The van der Waals surface area contributed by atoms with Gasteiger partial charge in [0.25, 0.3) is 0 Å². The van der Waals surface area contributed by atoms with Crippen LogP contribution in [0.15, 0.2) is 140 Å². The van der Waals surface area contributed by atoms with E-state index in [1.807, 2.05) is 0 Å². The van der Waals surface area contributed by atoms with Gasteiger partial charge in [-0.1, -0.05) is 197 Å². The van der Waals surface area contributed by atoms with Crippen molar-refractivity contribution in [2.45, 2.75) is 78.6 Å². The maximum absolute atomic E-state index is 5.33. The van der Waals surface area contributed by atoms with Crippen molar-refractivity contribution in [3.05, 3.63) is 151 Å². The summed E-state index contributed by atoms with van der Waals surface area (Å²) in [6, 6.07) is 51.8. The quantitative estimate of drug-likeness (QED) is 0.143. The SMILES string of the molecule is CC(C)(C)c1cc(-c2ccccc2)c([Si](C)(C)c2pc([Si](C)(C)c3pnc(C(C)(C)C)cc3-c3ccccc3)c(-c3ccccc3)cc2-c2ccccc2)pn1. The lowest BCUT2D eigenvalue weighted by molar-refractivity contribution is 0.574. The molecule has 7 rings (SSSR count). The lowest BCUT2D eigenvalue weighted by Gasteiger charge is -2.34. The van der Waals surface area contributed by atoms with Crippen molar-refractivity contribution in [2.24, 2.45) is 0 Å². The first kappa shape index (κ1) is 40.3. The monoisotopic (exact) mass is 818 g/mol. The Bertz CT molecular complexity index is 2300. The van der Waals surface area contributed by atoms with Crippen LogP contribution in [0.3, 0.4) is 0 Å². The van der Waals surface area contributed by atoms with Crippen LogP contribution >= 0.6 is 24.9 Å². The molecule has 0 aliphatic heterocycles. The highest BCUT2D eigenvalue weighted by molar-refractivity contribution is 7.55. The van der Waals surface area contributed by atoms with Crippen molar-refractivity contribution in [3.63, 3.8) is 0 Å². The Morgan fingerprint density at radius 1 is 0.375 bits per heavy atom. The summed E-state index contributed by atoms with van der Waals surface area (Å²) in [6.07, 6.45) is 0. The van der Waals surface area contributed by atoms with E-state index in [4.69, 9.17) is 9.49 Å². The van der Waals surface area contributed by atoms with Crippen molar-refractivity contribution >= 4 is 60.7 Å². The van der Waals surface area contributed by atoms with Gasteiger partial charge in [-0.05, 0) is 82.4 Å². The van der Waals surface area contributed by atoms with Crippen LogP contribution in [0, 0.1) is 0 Å². The van der Waals surface area contributed by atoms with Gasteiger partial charge < -0.3 is 0 Å². The minimum absolute atomic E-state index is 0.0402. The van der Waals surface area contributed by atoms with Gasteiger partial charge in [-0.25, -0.2) is 9.49 Å². The predicted octanol–water partition coefficient (Wildman–Crippen LogP) is 13.1. The summed E-state index contributed by atoms with van der Waals surface area (Å²) in [5, 5.41) is 0. The van der Waals surface area contributed by atoms with Gasteiger partial charge in [0, 0.05) is 27.5 Å². The first-order valence-corrected chi connectivity index (χ1v) is 28.2. The fourth-order valence-electron chi connectivity index (χ4n) is 7.48. The average Bonchev–Trinajstić information content (AvgIpc) is 3.20. The van der Waals surface area contributed by atoms with Gasteiger partial charge in [-0.3, -0.25) is 0 Å². The van der Waals surface area contributed by atoms with Crippen LogP contribution in [0.1, 0.15) is 52.9 Å². The average molecular weight is 819 g/mol.